The fraction of sp³-hybridized carbons (Fsp3) is 0. The van der Waals surface area contributed by atoms with Crippen molar-refractivity contribution < 1.29 is 14.2 Å². The van der Waals surface area contributed by atoms with E-state index in [2.05, 4.69) is 174 Å². The minimum Gasteiger partial charge on any atom is -0.458 e. The zero-order chi connectivity index (χ0) is 39.1. The standard InChI is InChI=1S/C54H31B2NO3/c1-3-16-34-32(14-1)33-15-2-4-17-35(33)39-21-12-27-47-53(39)56(52-38(34)20-11-25-45(52)57-43-23-8-5-18-36(43)37-19-6-9-24-44(37)57)42-31-50-41(30-51(42)59-47)55-40-22-7-10-26-46(40)58-48-28-13-29-49(60-50)54(48)55/h1-31H. The quantitative estimate of drug-likeness (QED) is 0.156. The lowest BCUT2D eigenvalue weighted by molar-refractivity contribution is 0.461. The Morgan fingerprint density at radius 1 is 0.300 bits per heavy atom. The van der Waals surface area contributed by atoms with Gasteiger partial charge in [0.1, 0.15) is 34.5 Å². The first-order chi connectivity index (χ1) is 29.8. The lowest BCUT2D eigenvalue weighted by atomic mass is 9.32. The normalized spacial score (nSPS) is 13.3. The van der Waals surface area contributed by atoms with Crippen molar-refractivity contribution >= 4 is 68.0 Å². The van der Waals surface area contributed by atoms with Crippen LogP contribution in [-0.4, -0.2) is 18.0 Å². The van der Waals surface area contributed by atoms with Crippen LogP contribution < -0.4 is 47.0 Å². The lowest BCUT2D eigenvalue weighted by Crippen LogP contribution is -2.60. The Balaban J connectivity index is 1.13. The van der Waals surface area contributed by atoms with Crippen LogP contribution in [0.1, 0.15) is 0 Å². The largest absolute Gasteiger partial charge is 0.458 e. The molecule has 276 valence electrons. The molecule has 0 saturated carbocycles. The Bertz CT molecular complexity index is 3460. The molecule has 0 saturated heterocycles. The summed E-state index contributed by atoms with van der Waals surface area (Å²) in [7, 11) is 0. The summed E-state index contributed by atoms with van der Waals surface area (Å²) in [6, 6.07) is 67.9. The van der Waals surface area contributed by atoms with Gasteiger partial charge in [0.05, 0.1) is 11.0 Å². The molecule has 0 radical (unpaired) electrons. The molecule has 4 nitrogen and oxygen atoms in total. The van der Waals surface area contributed by atoms with Crippen molar-refractivity contribution in [1.29, 1.82) is 0 Å². The van der Waals surface area contributed by atoms with E-state index in [0.29, 0.717) is 0 Å². The molecule has 0 aliphatic carbocycles. The Hall–Kier alpha value is -7.69. The van der Waals surface area contributed by atoms with E-state index in [4.69, 9.17) is 14.2 Å². The van der Waals surface area contributed by atoms with Gasteiger partial charge in [0.25, 0.3) is 13.4 Å². The van der Waals surface area contributed by atoms with Gasteiger partial charge in [0.2, 0.25) is 0 Å². The molecule has 4 aliphatic rings. The Kier molecular flexibility index (Phi) is 6.42. The molecule has 0 atom stereocenters. The minimum atomic E-state index is -0.242. The number of aromatic nitrogens is 1. The summed E-state index contributed by atoms with van der Waals surface area (Å²) >= 11 is 0. The summed E-state index contributed by atoms with van der Waals surface area (Å²) in [4.78, 5) is 0. The molecule has 0 fully saturated rings. The number of hydrogen-bond acceptors (Lipinski definition) is 3. The average Bonchev–Trinajstić information content (AvgIpc) is 3.65. The van der Waals surface area contributed by atoms with E-state index in [9.17, 15) is 0 Å². The third kappa shape index (κ3) is 4.27. The van der Waals surface area contributed by atoms with Gasteiger partial charge < -0.3 is 18.8 Å². The number of benzene rings is 9. The highest BCUT2D eigenvalue weighted by Crippen LogP contribution is 2.43. The summed E-state index contributed by atoms with van der Waals surface area (Å²) in [6.07, 6.45) is 0. The van der Waals surface area contributed by atoms with Crippen molar-refractivity contribution in [3.8, 4) is 73.6 Å². The molecule has 9 aromatic carbocycles. The average molecular weight is 763 g/mol. The predicted octanol–water partition coefficient (Wildman–Crippen LogP) is 9.45. The Labute approximate surface area is 347 Å². The van der Waals surface area contributed by atoms with Crippen LogP contribution in [0.2, 0.25) is 0 Å². The Morgan fingerprint density at radius 2 is 0.733 bits per heavy atom. The topological polar surface area (TPSA) is 32.6 Å². The van der Waals surface area contributed by atoms with Crippen molar-refractivity contribution in [2.75, 3.05) is 0 Å². The fourth-order valence-corrected chi connectivity index (χ4v) is 10.8. The van der Waals surface area contributed by atoms with E-state index < -0.39 is 0 Å². The maximum Gasteiger partial charge on any atom is 0.260 e. The van der Waals surface area contributed by atoms with E-state index in [1.807, 2.05) is 18.2 Å². The Morgan fingerprint density at radius 3 is 1.38 bits per heavy atom. The molecule has 0 amide bonds. The summed E-state index contributed by atoms with van der Waals surface area (Å²) < 4.78 is 23.2. The smallest absolute Gasteiger partial charge is 0.260 e. The molecule has 10 aromatic rings. The van der Waals surface area contributed by atoms with E-state index in [-0.39, 0.29) is 13.4 Å². The zero-order valence-corrected chi connectivity index (χ0v) is 32.2. The van der Waals surface area contributed by atoms with Crippen molar-refractivity contribution in [2.24, 2.45) is 0 Å². The van der Waals surface area contributed by atoms with Gasteiger partial charge in [-0.3, -0.25) is 0 Å². The zero-order valence-electron chi connectivity index (χ0n) is 32.2. The number of fused-ring (bicyclic) bond motifs is 16. The van der Waals surface area contributed by atoms with E-state index in [0.717, 1.165) is 73.1 Å². The van der Waals surface area contributed by atoms with E-state index in [1.165, 1.54) is 55.1 Å². The SMILES string of the molecule is c1ccc2c(c1)Oc1cccc3c1B2c1cc2c(cc1O3)B1c3c(cccc3-c3ccccc3-c3ccccc3-c3cccc(-n4c5ccccc5c5ccccc54)c31)O2. The summed E-state index contributed by atoms with van der Waals surface area (Å²) in [5, 5.41) is 2.46. The first kappa shape index (κ1) is 32.3. The highest BCUT2D eigenvalue weighted by molar-refractivity contribution is 7.00. The van der Waals surface area contributed by atoms with Crippen LogP contribution in [0.15, 0.2) is 188 Å². The van der Waals surface area contributed by atoms with Crippen molar-refractivity contribution in [3.05, 3.63) is 188 Å². The third-order valence-corrected chi connectivity index (χ3v) is 13.2. The molecular weight excluding hydrogens is 732 g/mol. The lowest BCUT2D eigenvalue weighted by Gasteiger charge is -2.35. The monoisotopic (exact) mass is 763 g/mol. The number of hydrogen-bond donors (Lipinski definition) is 0. The molecule has 0 spiro atoms. The maximum absolute atomic E-state index is 7.23. The fourth-order valence-electron chi connectivity index (χ4n) is 10.8. The van der Waals surface area contributed by atoms with Gasteiger partial charge in [0.15, 0.2) is 0 Å². The van der Waals surface area contributed by atoms with Crippen LogP contribution >= 0.6 is 0 Å². The van der Waals surface area contributed by atoms with Crippen LogP contribution in [0.3, 0.4) is 0 Å². The number of rotatable bonds is 1. The first-order valence-electron chi connectivity index (χ1n) is 20.7. The van der Waals surface area contributed by atoms with Crippen molar-refractivity contribution in [3.63, 3.8) is 0 Å². The molecule has 5 heterocycles. The molecule has 60 heavy (non-hydrogen) atoms. The van der Waals surface area contributed by atoms with Gasteiger partial charge in [-0.25, -0.2) is 0 Å². The van der Waals surface area contributed by atoms with Crippen molar-refractivity contribution in [2.45, 2.75) is 0 Å². The summed E-state index contributed by atoms with van der Waals surface area (Å²) in [6.45, 7) is -0.319. The van der Waals surface area contributed by atoms with Crippen LogP contribution in [0, 0.1) is 0 Å². The first-order valence-corrected chi connectivity index (χ1v) is 20.7. The van der Waals surface area contributed by atoms with Gasteiger partial charge in [0, 0.05) is 21.9 Å². The molecule has 0 unspecified atom stereocenters. The number of para-hydroxylation sites is 3. The van der Waals surface area contributed by atoms with Gasteiger partial charge in [-0.2, -0.15) is 0 Å². The maximum atomic E-state index is 7.23. The predicted molar refractivity (Wildman–Crippen MR) is 246 cm³/mol. The van der Waals surface area contributed by atoms with Crippen molar-refractivity contribution in [1.82, 2.24) is 4.57 Å². The molecule has 4 aliphatic heterocycles. The van der Waals surface area contributed by atoms with Crippen LogP contribution in [0.25, 0.3) is 60.9 Å². The second-order valence-corrected chi connectivity index (χ2v) is 16.2. The second-order valence-electron chi connectivity index (χ2n) is 16.2. The van der Waals surface area contributed by atoms with E-state index >= 15 is 0 Å². The van der Waals surface area contributed by atoms with E-state index in [1.54, 1.807) is 0 Å². The van der Waals surface area contributed by atoms with Gasteiger partial charge in [-0.15, -0.1) is 0 Å². The summed E-state index contributed by atoms with van der Waals surface area (Å²) in [5.74, 6) is 5.04. The molecule has 0 bridgehead atoms. The highest BCUT2D eigenvalue weighted by atomic mass is 16.5. The molecule has 6 heteroatoms. The van der Waals surface area contributed by atoms with Gasteiger partial charge in [-0.1, -0.05) is 133 Å². The molecule has 0 N–H and O–H groups in total. The van der Waals surface area contributed by atoms with Gasteiger partial charge in [-0.05, 0) is 115 Å². The van der Waals surface area contributed by atoms with Crippen LogP contribution in [0.5, 0.6) is 34.5 Å². The van der Waals surface area contributed by atoms with Crippen LogP contribution in [-0.2, 0) is 0 Å². The minimum absolute atomic E-state index is 0.0775. The number of nitrogens with zero attached hydrogens (tertiary/aromatic N) is 1. The van der Waals surface area contributed by atoms with Crippen LogP contribution in [0.4, 0.5) is 0 Å². The molecule has 14 rings (SSSR count). The molecule has 1 aromatic heterocycles. The number of ether oxygens (including phenoxy) is 3. The summed E-state index contributed by atoms with van der Waals surface area (Å²) in [5.41, 5.74) is 17.3. The second kappa shape index (κ2) is 11.9. The van der Waals surface area contributed by atoms with Gasteiger partial charge >= 0.3 is 0 Å². The molecular formula is C54H31B2NO3. The highest BCUT2D eigenvalue weighted by Gasteiger charge is 2.44. The third-order valence-electron chi connectivity index (χ3n) is 13.2.